The van der Waals surface area contributed by atoms with E-state index in [0.717, 1.165) is 5.39 Å². The maximum atomic E-state index is 13.5. The topological polar surface area (TPSA) is 186 Å². The van der Waals surface area contributed by atoms with E-state index < -0.39 is 28.9 Å². The largest absolute Gasteiger partial charge is 0.507 e. The Morgan fingerprint density at radius 3 is 2.20 bits per heavy atom. The Kier molecular flexibility index (Phi) is 8.48. The van der Waals surface area contributed by atoms with Gasteiger partial charge < -0.3 is 30.5 Å². The van der Waals surface area contributed by atoms with Crippen molar-refractivity contribution in [1.29, 1.82) is 0 Å². The summed E-state index contributed by atoms with van der Waals surface area (Å²) in [5.41, 5.74) is 4.44. The molecule has 0 aliphatic rings. The van der Waals surface area contributed by atoms with Gasteiger partial charge in [0.15, 0.2) is 5.69 Å². The lowest BCUT2D eigenvalue weighted by atomic mass is 10.1. The lowest BCUT2D eigenvalue weighted by molar-refractivity contribution is 0.0696. The van der Waals surface area contributed by atoms with Gasteiger partial charge in [-0.05, 0) is 61.9 Å². The van der Waals surface area contributed by atoms with E-state index in [2.05, 4.69) is 10.2 Å². The number of nitrogens with zero attached hydrogens (tertiary/aromatic N) is 3. The zero-order chi connectivity index (χ0) is 32.2. The zero-order valence-corrected chi connectivity index (χ0v) is 24.2. The maximum absolute atomic E-state index is 13.5. The second kappa shape index (κ2) is 12.6. The average molecular weight is 609 g/mol. The number of para-hydroxylation sites is 1. The first-order chi connectivity index (χ1) is 21.6. The van der Waals surface area contributed by atoms with Crippen LogP contribution in [0.2, 0.25) is 0 Å². The SMILES string of the molecule is Cc1cc(OCCOc2ccc(N=Nc3c(C)c(C(N)=O)c(O)n(-c4ccccc4C(=O)O)c3=O)cc2)c2ccccc2c1O. The molecule has 45 heavy (non-hydrogen) atoms. The first kappa shape index (κ1) is 30.3. The van der Waals surface area contributed by atoms with E-state index in [9.17, 15) is 29.7 Å². The Hall–Kier alpha value is -6.17. The highest BCUT2D eigenvalue weighted by atomic mass is 16.5. The predicted octanol–water partition coefficient (Wildman–Crippen LogP) is 5.69. The first-order valence-electron chi connectivity index (χ1n) is 13.7. The van der Waals surface area contributed by atoms with Crippen molar-refractivity contribution in [2.24, 2.45) is 16.0 Å². The van der Waals surface area contributed by atoms with E-state index in [0.29, 0.717) is 32.7 Å². The third kappa shape index (κ3) is 6.02. The van der Waals surface area contributed by atoms with E-state index in [4.69, 9.17) is 15.2 Å². The Balaban J connectivity index is 1.34. The summed E-state index contributed by atoms with van der Waals surface area (Å²) >= 11 is 0. The fourth-order valence-corrected chi connectivity index (χ4v) is 4.85. The van der Waals surface area contributed by atoms with Gasteiger partial charge in [0, 0.05) is 16.3 Å². The summed E-state index contributed by atoms with van der Waals surface area (Å²) in [7, 11) is 0. The van der Waals surface area contributed by atoms with E-state index in [-0.39, 0.29) is 41.5 Å². The smallest absolute Gasteiger partial charge is 0.337 e. The molecule has 4 aromatic carbocycles. The molecule has 1 heterocycles. The molecule has 0 bridgehead atoms. The highest BCUT2D eigenvalue weighted by Crippen LogP contribution is 2.35. The van der Waals surface area contributed by atoms with Crippen molar-refractivity contribution >= 4 is 34.0 Å². The molecule has 12 nitrogen and oxygen atoms in total. The Labute approximate surface area is 256 Å². The minimum atomic E-state index is -1.35. The van der Waals surface area contributed by atoms with Gasteiger partial charge in [-0.2, -0.15) is 5.11 Å². The number of aryl methyl sites for hydroxylation is 1. The number of hydrogen-bond acceptors (Lipinski definition) is 9. The Morgan fingerprint density at radius 2 is 1.51 bits per heavy atom. The zero-order valence-electron chi connectivity index (χ0n) is 24.2. The molecular weight excluding hydrogens is 580 g/mol. The third-order valence-electron chi connectivity index (χ3n) is 7.07. The van der Waals surface area contributed by atoms with Crippen LogP contribution in [0.5, 0.6) is 23.1 Å². The Morgan fingerprint density at radius 1 is 0.867 bits per heavy atom. The summed E-state index contributed by atoms with van der Waals surface area (Å²) in [6.07, 6.45) is 0. The molecule has 5 aromatic rings. The van der Waals surface area contributed by atoms with Gasteiger partial charge in [0.25, 0.3) is 11.5 Å². The van der Waals surface area contributed by atoms with E-state index in [1.54, 1.807) is 37.3 Å². The third-order valence-corrected chi connectivity index (χ3v) is 7.07. The van der Waals surface area contributed by atoms with Crippen molar-refractivity contribution in [2.45, 2.75) is 13.8 Å². The van der Waals surface area contributed by atoms with Crippen LogP contribution in [-0.2, 0) is 0 Å². The molecule has 1 aromatic heterocycles. The van der Waals surface area contributed by atoms with Crippen molar-refractivity contribution in [3.05, 3.63) is 111 Å². The molecule has 0 atom stereocenters. The lowest BCUT2D eigenvalue weighted by Gasteiger charge is -2.16. The van der Waals surface area contributed by atoms with Gasteiger partial charge in [0.1, 0.15) is 36.0 Å². The van der Waals surface area contributed by atoms with Crippen molar-refractivity contribution in [3.8, 4) is 28.8 Å². The van der Waals surface area contributed by atoms with Crippen LogP contribution in [-0.4, -0.2) is 45.0 Å². The summed E-state index contributed by atoms with van der Waals surface area (Å²) in [5.74, 6) is -1.82. The van der Waals surface area contributed by atoms with Gasteiger partial charge in [-0.25, -0.2) is 9.36 Å². The molecule has 0 unspecified atom stereocenters. The number of aromatic hydroxyl groups is 2. The van der Waals surface area contributed by atoms with Crippen molar-refractivity contribution < 1.29 is 34.4 Å². The normalized spacial score (nSPS) is 11.2. The van der Waals surface area contributed by atoms with Crippen LogP contribution in [0.4, 0.5) is 11.4 Å². The molecule has 1 amide bonds. The lowest BCUT2D eigenvalue weighted by Crippen LogP contribution is -2.25. The number of aromatic nitrogens is 1. The van der Waals surface area contributed by atoms with Crippen LogP contribution in [0.25, 0.3) is 16.5 Å². The number of rotatable bonds is 10. The molecular formula is C33H28N4O8. The van der Waals surface area contributed by atoms with Gasteiger partial charge in [-0.1, -0.05) is 36.4 Å². The number of aromatic carboxylic acids is 1. The number of benzene rings is 4. The molecule has 5 rings (SSSR count). The first-order valence-corrected chi connectivity index (χ1v) is 13.7. The molecule has 0 spiro atoms. The number of carboxylic acid groups (broad SMARTS) is 1. The number of primary amides is 1. The van der Waals surface area contributed by atoms with Crippen LogP contribution in [0, 0.1) is 13.8 Å². The standard InChI is InChI=1S/C33H28N4O8/c1-18-17-26(22-7-3-4-8-23(22)29(18)38)45-16-15-44-21-13-11-20(12-14-21)35-36-28-19(2)27(30(34)39)31(40)37(32(28)41)25-10-6-5-9-24(25)33(42)43/h3-14,17,38,40H,15-16H2,1-2H3,(H2,34,39)(H,42,43). The number of pyridine rings is 1. The summed E-state index contributed by atoms with van der Waals surface area (Å²) in [5, 5.41) is 40.4. The molecule has 0 radical (unpaired) electrons. The summed E-state index contributed by atoms with van der Waals surface area (Å²) < 4.78 is 12.4. The Bertz CT molecular complexity index is 2030. The van der Waals surface area contributed by atoms with Crippen LogP contribution in [0.1, 0.15) is 31.8 Å². The number of carbonyl (C=O) groups is 2. The summed E-state index contributed by atoms with van der Waals surface area (Å²) in [6, 6.07) is 21.2. The number of phenols is 1. The molecule has 0 fully saturated rings. The molecule has 228 valence electrons. The number of fused-ring (bicyclic) bond motifs is 1. The van der Waals surface area contributed by atoms with Crippen LogP contribution in [0.15, 0.2) is 93.9 Å². The van der Waals surface area contributed by atoms with Crippen LogP contribution < -0.4 is 20.8 Å². The minimum Gasteiger partial charge on any atom is -0.507 e. The molecule has 0 saturated heterocycles. The van der Waals surface area contributed by atoms with Crippen molar-refractivity contribution in [2.75, 3.05) is 13.2 Å². The van der Waals surface area contributed by atoms with Gasteiger partial charge in [0.05, 0.1) is 16.9 Å². The molecule has 12 heteroatoms. The summed E-state index contributed by atoms with van der Waals surface area (Å²) in [6.45, 7) is 3.66. The van der Waals surface area contributed by atoms with E-state index in [1.165, 1.54) is 31.2 Å². The quantitative estimate of drug-likeness (QED) is 0.115. The van der Waals surface area contributed by atoms with Gasteiger partial charge >= 0.3 is 5.97 Å². The van der Waals surface area contributed by atoms with Crippen molar-refractivity contribution in [1.82, 2.24) is 4.57 Å². The number of azo groups is 1. The maximum Gasteiger partial charge on any atom is 0.337 e. The van der Waals surface area contributed by atoms with Gasteiger partial charge in [-0.15, -0.1) is 5.11 Å². The van der Waals surface area contributed by atoms with Gasteiger partial charge in [-0.3, -0.25) is 9.59 Å². The van der Waals surface area contributed by atoms with E-state index >= 15 is 0 Å². The van der Waals surface area contributed by atoms with E-state index in [1.807, 2.05) is 24.3 Å². The number of phenolic OH excluding ortho intramolecular Hbond substituents is 1. The molecule has 0 aliphatic carbocycles. The van der Waals surface area contributed by atoms with Crippen LogP contribution in [0.3, 0.4) is 0 Å². The second-order valence-electron chi connectivity index (χ2n) is 9.98. The second-order valence-corrected chi connectivity index (χ2v) is 9.98. The predicted molar refractivity (Wildman–Crippen MR) is 166 cm³/mol. The summed E-state index contributed by atoms with van der Waals surface area (Å²) in [4.78, 5) is 37.5. The number of amides is 1. The number of hydrogen-bond donors (Lipinski definition) is 4. The monoisotopic (exact) mass is 608 g/mol. The highest BCUT2D eigenvalue weighted by molar-refractivity contribution is 5.98. The number of carbonyl (C=O) groups excluding carboxylic acids is 1. The number of ether oxygens (including phenoxy) is 2. The molecule has 0 aliphatic heterocycles. The number of carboxylic acids is 1. The fourth-order valence-electron chi connectivity index (χ4n) is 4.85. The minimum absolute atomic E-state index is 0.0191. The van der Waals surface area contributed by atoms with Crippen LogP contribution >= 0.6 is 0 Å². The number of nitrogens with two attached hydrogens (primary N) is 1. The molecule has 5 N–H and O–H groups in total. The van der Waals surface area contributed by atoms with Crippen molar-refractivity contribution in [3.63, 3.8) is 0 Å². The molecule has 0 saturated carbocycles. The fraction of sp³-hybridized carbons (Fsp3) is 0.121. The highest BCUT2D eigenvalue weighted by Gasteiger charge is 2.25. The average Bonchev–Trinajstić information content (AvgIpc) is 3.02. The van der Waals surface area contributed by atoms with Gasteiger partial charge in [0.2, 0.25) is 5.88 Å².